The quantitative estimate of drug-likeness (QED) is 0.199. The van der Waals surface area contributed by atoms with E-state index in [2.05, 4.69) is 78.1 Å². The lowest BCUT2D eigenvalue weighted by Gasteiger charge is -2.26. The maximum Gasteiger partial charge on any atom is 0.408 e. The van der Waals surface area contributed by atoms with E-state index < -0.39 is 17.7 Å². The predicted molar refractivity (Wildman–Crippen MR) is 211 cm³/mol. The topological polar surface area (TPSA) is 105 Å². The summed E-state index contributed by atoms with van der Waals surface area (Å²) in [6.07, 6.45) is 4.82. The molecule has 9 heteroatoms. The van der Waals surface area contributed by atoms with Crippen LogP contribution in [0.4, 0.5) is 4.79 Å². The van der Waals surface area contributed by atoms with Gasteiger partial charge in [0, 0.05) is 26.2 Å². The van der Waals surface area contributed by atoms with Gasteiger partial charge in [-0.3, -0.25) is 9.59 Å². The number of hydrogen-bond acceptors (Lipinski definition) is 5. The summed E-state index contributed by atoms with van der Waals surface area (Å²) >= 11 is 0. The van der Waals surface area contributed by atoms with Crippen LogP contribution >= 0.6 is 12.4 Å². The van der Waals surface area contributed by atoms with E-state index in [0.29, 0.717) is 26.1 Å². The predicted octanol–water partition coefficient (Wildman–Crippen LogP) is 8.37. The first kappa shape index (κ1) is 40.1. The van der Waals surface area contributed by atoms with E-state index in [-0.39, 0.29) is 30.3 Å². The fourth-order valence-electron chi connectivity index (χ4n) is 6.45. The zero-order valence-electron chi connectivity index (χ0n) is 30.6. The van der Waals surface area contributed by atoms with Crippen LogP contribution in [0.2, 0.25) is 0 Å². The number of hydrogen-bond donors (Lipinski definition) is 2. The SMILES string of the molecule is CC(C)(C)OC(=O)N[C@H]1CCCCN(Cc2ccc(-c3ccccc3)cc2)C1=O.Cl.N[C@H]1CCCCN(Cc2ccc(-c3ccccc3)cc2)C1=O. The lowest BCUT2D eigenvalue weighted by Crippen LogP contribution is -2.48. The largest absolute Gasteiger partial charge is 0.444 e. The van der Waals surface area contributed by atoms with Crippen molar-refractivity contribution in [2.75, 3.05) is 13.1 Å². The molecule has 6 rings (SSSR count). The van der Waals surface area contributed by atoms with E-state index in [1.165, 1.54) is 16.7 Å². The van der Waals surface area contributed by atoms with Gasteiger partial charge in [-0.1, -0.05) is 109 Å². The third-order valence-electron chi connectivity index (χ3n) is 9.16. The Bertz CT molecular complexity index is 1710. The van der Waals surface area contributed by atoms with Crippen molar-refractivity contribution < 1.29 is 19.1 Å². The van der Waals surface area contributed by atoms with Gasteiger partial charge in [-0.15, -0.1) is 12.4 Å². The molecule has 4 aromatic rings. The van der Waals surface area contributed by atoms with Crippen LogP contribution in [0.1, 0.15) is 70.4 Å². The molecule has 2 saturated heterocycles. The minimum absolute atomic E-state index is 0. The highest BCUT2D eigenvalue weighted by atomic mass is 35.5. The Morgan fingerprint density at radius 1 is 0.654 bits per heavy atom. The Balaban J connectivity index is 0.000000236. The number of nitrogens with two attached hydrogens (primary N) is 1. The molecule has 0 aliphatic carbocycles. The Morgan fingerprint density at radius 3 is 1.54 bits per heavy atom. The summed E-state index contributed by atoms with van der Waals surface area (Å²) in [5.74, 6) is 0.0464. The molecule has 4 aromatic carbocycles. The number of benzene rings is 4. The van der Waals surface area contributed by atoms with Crippen molar-refractivity contribution in [3.63, 3.8) is 0 Å². The van der Waals surface area contributed by atoms with Crippen LogP contribution in [-0.2, 0) is 27.4 Å². The van der Waals surface area contributed by atoms with Gasteiger partial charge in [0.2, 0.25) is 11.8 Å². The minimum atomic E-state index is -0.585. The summed E-state index contributed by atoms with van der Waals surface area (Å²) in [7, 11) is 0. The first-order valence-electron chi connectivity index (χ1n) is 18.2. The molecule has 2 fully saturated rings. The smallest absolute Gasteiger partial charge is 0.408 e. The summed E-state index contributed by atoms with van der Waals surface area (Å²) in [5.41, 5.74) is 12.3. The molecule has 2 aliphatic rings. The highest BCUT2D eigenvalue weighted by Crippen LogP contribution is 2.23. The fourth-order valence-corrected chi connectivity index (χ4v) is 6.45. The van der Waals surface area contributed by atoms with E-state index in [0.717, 1.165) is 55.3 Å². The molecule has 2 atom stereocenters. The lowest BCUT2D eigenvalue weighted by atomic mass is 10.0. The summed E-state index contributed by atoms with van der Waals surface area (Å²) in [5, 5.41) is 2.76. The zero-order valence-corrected chi connectivity index (χ0v) is 31.4. The van der Waals surface area contributed by atoms with Gasteiger partial charge in [-0.2, -0.15) is 0 Å². The Labute approximate surface area is 315 Å². The first-order valence-corrected chi connectivity index (χ1v) is 18.2. The molecule has 0 saturated carbocycles. The van der Waals surface area contributed by atoms with Crippen molar-refractivity contribution in [2.45, 2.75) is 90.1 Å². The Morgan fingerprint density at radius 2 is 1.08 bits per heavy atom. The normalized spacial score (nSPS) is 17.8. The molecule has 276 valence electrons. The number of alkyl carbamates (subject to hydrolysis) is 1. The molecular formula is C43H53ClN4O4. The molecule has 52 heavy (non-hydrogen) atoms. The van der Waals surface area contributed by atoms with Crippen LogP contribution in [0.15, 0.2) is 109 Å². The number of carbonyl (C=O) groups is 3. The molecule has 8 nitrogen and oxygen atoms in total. The molecule has 0 bridgehead atoms. The standard InChI is InChI=1S/C24H30N2O3.C19H22N2O.ClH/c1-24(2,3)29-23(28)25-21-11-7-8-16-26(22(21)27)17-18-12-14-20(15-13-18)19-9-5-4-6-10-19;20-18-8-4-5-13-21(19(18)22)14-15-9-11-17(12-10-15)16-6-2-1-3-7-16;/h4-6,9-10,12-15,21H,7-8,11,16-17H2,1-3H3,(H,25,28);1-3,6-7,9-12,18H,4-5,8,13-14,20H2;1H/t21-;18-;/m00./s1. The molecule has 0 spiro atoms. The number of carbonyl (C=O) groups excluding carboxylic acids is 3. The van der Waals surface area contributed by atoms with Gasteiger partial charge in [-0.25, -0.2) is 4.79 Å². The second kappa shape index (κ2) is 19.3. The summed E-state index contributed by atoms with van der Waals surface area (Å²) in [4.78, 5) is 41.1. The maximum atomic E-state index is 13.0. The van der Waals surface area contributed by atoms with E-state index in [1.807, 2.05) is 67.0 Å². The van der Waals surface area contributed by atoms with Crippen molar-refractivity contribution in [3.05, 3.63) is 120 Å². The molecule has 0 aromatic heterocycles. The Hall–Kier alpha value is -4.66. The lowest BCUT2D eigenvalue weighted by molar-refractivity contribution is -0.133. The Kier molecular flexibility index (Phi) is 14.9. The summed E-state index contributed by atoms with van der Waals surface area (Å²) in [6.45, 7) is 8.15. The van der Waals surface area contributed by atoms with Gasteiger partial charge in [0.1, 0.15) is 11.6 Å². The summed E-state index contributed by atoms with van der Waals surface area (Å²) < 4.78 is 5.32. The van der Waals surface area contributed by atoms with Crippen molar-refractivity contribution >= 4 is 30.3 Å². The van der Waals surface area contributed by atoms with Crippen LogP contribution in [0.3, 0.4) is 0 Å². The molecule has 2 aliphatic heterocycles. The highest BCUT2D eigenvalue weighted by Gasteiger charge is 2.30. The van der Waals surface area contributed by atoms with Crippen molar-refractivity contribution in [1.82, 2.24) is 15.1 Å². The van der Waals surface area contributed by atoms with E-state index in [4.69, 9.17) is 10.5 Å². The summed E-state index contributed by atoms with van der Waals surface area (Å²) in [6, 6.07) is 36.4. The molecule has 3 amide bonds. The van der Waals surface area contributed by atoms with Crippen molar-refractivity contribution in [2.24, 2.45) is 5.73 Å². The number of nitrogens with one attached hydrogen (secondary N) is 1. The molecule has 2 heterocycles. The van der Waals surface area contributed by atoms with E-state index >= 15 is 0 Å². The number of rotatable bonds is 7. The highest BCUT2D eigenvalue weighted by molar-refractivity contribution is 5.86. The van der Waals surface area contributed by atoms with Crippen LogP contribution < -0.4 is 11.1 Å². The fraction of sp³-hybridized carbons (Fsp3) is 0.372. The minimum Gasteiger partial charge on any atom is -0.444 e. The first-order chi connectivity index (χ1) is 24.6. The molecular weight excluding hydrogens is 672 g/mol. The number of halogens is 1. The average Bonchev–Trinajstić information content (AvgIpc) is 3.39. The van der Waals surface area contributed by atoms with E-state index in [1.54, 1.807) is 0 Å². The van der Waals surface area contributed by atoms with Crippen molar-refractivity contribution in [3.8, 4) is 22.3 Å². The third-order valence-corrected chi connectivity index (χ3v) is 9.16. The zero-order chi connectivity index (χ0) is 36.2. The molecule has 0 unspecified atom stereocenters. The van der Waals surface area contributed by atoms with E-state index in [9.17, 15) is 14.4 Å². The van der Waals surface area contributed by atoms with Crippen LogP contribution in [0.5, 0.6) is 0 Å². The number of nitrogens with zero attached hydrogens (tertiary/aromatic N) is 2. The average molecular weight is 725 g/mol. The molecule has 0 radical (unpaired) electrons. The van der Waals surface area contributed by atoms with Gasteiger partial charge in [0.15, 0.2) is 0 Å². The molecule has 3 N–H and O–H groups in total. The van der Waals surface area contributed by atoms with Crippen LogP contribution in [0, 0.1) is 0 Å². The number of likely N-dealkylation sites (tertiary alicyclic amines) is 2. The third kappa shape index (κ3) is 12.0. The van der Waals surface area contributed by atoms with Gasteiger partial charge < -0.3 is 25.6 Å². The monoisotopic (exact) mass is 724 g/mol. The van der Waals surface area contributed by atoms with Crippen LogP contribution in [0.25, 0.3) is 22.3 Å². The van der Waals surface area contributed by atoms with Gasteiger partial charge in [0.25, 0.3) is 0 Å². The van der Waals surface area contributed by atoms with Gasteiger partial charge in [-0.05, 0) is 92.7 Å². The van der Waals surface area contributed by atoms with Gasteiger partial charge >= 0.3 is 6.09 Å². The maximum absolute atomic E-state index is 13.0. The second-order valence-corrected chi connectivity index (χ2v) is 14.4. The number of ether oxygens (including phenoxy) is 1. The number of amides is 3. The van der Waals surface area contributed by atoms with Crippen molar-refractivity contribution in [1.29, 1.82) is 0 Å². The second-order valence-electron chi connectivity index (χ2n) is 14.4. The van der Waals surface area contributed by atoms with Crippen LogP contribution in [-0.4, -0.2) is 58.5 Å². The van der Waals surface area contributed by atoms with Gasteiger partial charge in [0.05, 0.1) is 6.04 Å².